The van der Waals surface area contributed by atoms with Crippen molar-refractivity contribution in [3.05, 3.63) is 107 Å². The number of fused-ring (bicyclic) bond motifs is 1. The van der Waals surface area contributed by atoms with Crippen LogP contribution in [-0.4, -0.2) is 60.1 Å². The lowest BCUT2D eigenvalue weighted by molar-refractivity contribution is -0.138. The molecule has 7 rings (SSSR count). The van der Waals surface area contributed by atoms with Gasteiger partial charge < -0.3 is 25.3 Å². The molecule has 3 aliphatic rings. The Labute approximate surface area is 275 Å². The second-order valence-corrected chi connectivity index (χ2v) is 12.5. The lowest BCUT2D eigenvalue weighted by atomic mass is 9.85. The molecule has 8 nitrogen and oxygen atoms in total. The van der Waals surface area contributed by atoms with Gasteiger partial charge in [0.15, 0.2) is 0 Å². The number of carbonyl (C=O) groups excluding carboxylic acids is 2. The summed E-state index contributed by atoms with van der Waals surface area (Å²) in [6.45, 7) is 2.39. The van der Waals surface area contributed by atoms with E-state index in [0.29, 0.717) is 62.8 Å². The fourth-order valence-electron chi connectivity index (χ4n) is 6.86. The number of aromatic nitrogens is 1. The number of para-hydroxylation sites is 1. The van der Waals surface area contributed by atoms with Gasteiger partial charge in [0.25, 0.3) is 5.91 Å². The Bertz CT molecular complexity index is 1810. The molecule has 2 amide bonds. The third-order valence-electron chi connectivity index (χ3n) is 9.36. The Morgan fingerprint density at radius 3 is 2.38 bits per heavy atom. The zero-order valence-corrected chi connectivity index (χ0v) is 26.1. The van der Waals surface area contributed by atoms with Crippen LogP contribution in [0, 0.1) is 0 Å². The molecule has 2 N–H and O–H groups in total. The first-order valence-corrected chi connectivity index (χ1v) is 15.9. The number of likely N-dealkylation sites (tertiary alicyclic amines) is 1. The van der Waals surface area contributed by atoms with Gasteiger partial charge in [-0.1, -0.05) is 41.9 Å². The summed E-state index contributed by atoms with van der Waals surface area (Å²) < 4.78 is 41.3. The topological polar surface area (TPSA) is 80.8 Å². The maximum atomic E-state index is 13.8. The Hall–Kier alpha value is -4.77. The SMILES string of the molecule is O=C(c1ccc(-c2cnc3c(c2)N(Cc2cc(Cl)ccc2C(F)(F)F)CCN3)cc1)N1CCC2(CC1)C(=O)NCN2c1ccccc1. The fraction of sp³-hybridized carbons (Fsp3) is 0.286. The van der Waals surface area contributed by atoms with E-state index >= 15 is 0 Å². The molecule has 3 aliphatic heterocycles. The number of carbonyl (C=O) groups is 2. The standard InChI is InChI=1S/C35H32ClF3N6O2/c36-27-10-11-29(35(37,38)39)26(18-27)21-44-17-14-40-31-30(44)19-25(20-41-31)23-6-8-24(9-7-23)32(46)43-15-12-34(13-16-43)33(47)42-22-45(34)28-4-2-1-3-5-28/h1-11,18-20H,12-17,21-22H2,(H,40,41)(H,42,47). The summed E-state index contributed by atoms with van der Waals surface area (Å²) in [6, 6.07) is 22.6. The van der Waals surface area contributed by atoms with Crippen molar-refractivity contribution in [2.24, 2.45) is 0 Å². The molecule has 0 aliphatic carbocycles. The largest absolute Gasteiger partial charge is 0.416 e. The van der Waals surface area contributed by atoms with Crippen LogP contribution in [0.25, 0.3) is 11.1 Å². The van der Waals surface area contributed by atoms with Crippen molar-refractivity contribution in [3.63, 3.8) is 0 Å². The Morgan fingerprint density at radius 1 is 0.915 bits per heavy atom. The first-order chi connectivity index (χ1) is 22.6. The smallest absolute Gasteiger partial charge is 0.367 e. The highest BCUT2D eigenvalue weighted by Gasteiger charge is 2.50. The van der Waals surface area contributed by atoms with E-state index in [4.69, 9.17) is 11.6 Å². The van der Waals surface area contributed by atoms with Crippen LogP contribution >= 0.6 is 11.6 Å². The van der Waals surface area contributed by atoms with E-state index in [1.165, 1.54) is 12.1 Å². The summed E-state index contributed by atoms with van der Waals surface area (Å²) >= 11 is 6.08. The summed E-state index contributed by atoms with van der Waals surface area (Å²) in [4.78, 5) is 36.9. The lowest BCUT2D eigenvalue weighted by Crippen LogP contribution is -2.57. The number of piperidine rings is 1. The fourth-order valence-corrected chi connectivity index (χ4v) is 7.05. The zero-order valence-electron chi connectivity index (χ0n) is 25.4. The van der Waals surface area contributed by atoms with E-state index in [-0.39, 0.29) is 28.9 Å². The van der Waals surface area contributed by atoms with E-state index in [9.17, 15) is 22.8 Å². The normalized spacial score (nSPS) is 17.4. The average molecular weight is 661 g/mol. The minimum Gasteiger partial charge on any atom is -0.367 e. The molecule has 0 unspecified atom stereocenters. The number of nitrogens with zero attached hydrogens (tertiary/aromatic N) is 4. The number of nitrogens with one attached hydrogen (secondary N) is 2. The second kappa shape index (κ2) is 12.1. The Kier molecular flexibility index (Phi) is 7.95. The predicted molar refractivity (Wildman–Crippen MR) is 175 cm³/mol. The van der Waals surface area contributed by atoms with Crippen LogP contribution in [-0.2, 0) is 17.5 Å². The number of hydrogen-bond donors (Lipinski definition) is 2. The molecule has 1 spiro atoms. The number of anilines is 3. The molecular weight excluding hydrogens is 629 g/mol. The number of hydrogen-bond acceptors (Lipinski definition) is 6. The third kappa shape index (κ3) is 5.84. The lowest BCUT2D eigenvalue weighted by Gasteiger charge is -2.43. The molecular formula is C35H32ClF3N6O2. The van der Waals surface area contributed by atoms with Gasteiger partial charge in [0.2, 0.25) is 5.91 Å². The van der Waals surface area contributed by atoms with Crippen molar-refractivity contribution in [2.75, 3.05) is 48.0 Å². The summed E-state index contributed by atoms with van der Waals surface area (Å²) in [5.74, 6) is 0.489. The number of pyridine rings is 1. The summed E-state index contributed by atoms with van der Waals surface area (Å²) in [6.07, 6.45) is -1.73. The average Bonchev–Trinajstić information content (AvgIpc) is 3.39. The van der Waals surface area contributed by atoms with Gasteiger partial charge in [-0.3, -0.25) is 9.59 Å². The molecule has 3 aromatic carbocycles. The molecule has 242 valence electrons. The molecule has 0 saturated carbocycles. The van der Waals surface area contributed by atoms with E-state index in [2.05, 4.69) is 20.5 Å². The van der Waals surface area contributed by atoms with Gasteiger partial charge in [0.05, 0.1) is 17.9 Å². The molecule has 4 aromatic rings. The maximum absolute atomic E-state index is 13.8. The number of rotatable bonds is 5. The number of halogens is 4. The van der Waals surface area contributed by atoms with Crippen molar-refractivity contribution in [2.45, 2.75) is 31.1 Å². The summed E-state index contributed by atoms with van der Waals surface area (Å²) in [5.41, 5.74) is 2.50. The van der Waals surface area contributed by atoms with Gasteiger partial charge in [-0.05, 0) is 72.5 Å². The van der Waals surface area contributed by atoms with E-state index in [1.54, 1.807) is 23.2 Å². The quantitative estimate of drug-likeness (QED) is 0.257. The van der Waals surface area contributed by atoms with Crippen LogP contribution in [0.4, 0.5) is 30.4 Å². The molecule has 0 radical (unpaired) electrons. The van der Waals surface area contributed by atoms with E-state index in [0.717, 1.165) is 22.9 Å². The van der Waals surface area contributed by atoms with E-state index in [1.807, 2.05) is 53.4 Å². The van der Waals surface area contributed by atoms with E-state index < -0.39 is 17.3 Å². The third-order valence-corrected chi connectivity index (χ3v) is 9.60. The highest BCUT2D eigenvalue weighted by Crippen LogP contribution is 2.39. The summed E-state index contributed by atoms with van der Waals surface area (Å²) in [7, 11) is 0. The van der Waals surface area contributed by atoms with Crippen molar-refractivity contribution >= 4 is 40.6 Å². The minimum absolute atomic E-state index is 0.00131. The zero-order chi connectivity index (χ0) is 32.8. The number of alkyl halides is 3. The highest BCUT2D eigenvalue weighted by molar-refractivity contribution is 6.30. The van der Waals surface area contributed by atoms with Crippen LogP contribution in [0.2, 0.25) is 5.02 Å². The number of amides is 2. The Morgan fingerprint density at radius 2 is 1.66 bits per heavy atom. The number of benzene rings is 3. The first kappa shape index (κ1) is 30.9. The van der Waals surface area contributed by atoms with Crippen molar-refractivity contribution in [1.82, 2.24) is 15.2 Å². The monoisotopic (exact) mass is 660 g/mol. The molecule has 47 heavy (non-hydrogen) atoms. The van der Waals surface area contributed by atoms with Crippen molar-refractivity contribution in [1.29, 1.82) is 0 Å². The molecule has 2 saturated heterocycles. The van der Waals surface area contributed by atoms with Gasteiger partial charge >= 0.3 is 6.18 Å². The first-order valence-electron chi connectivity index (χ1n) is 15.5. The van der Waals surface area contributed by atoms with Crippen LogP contribution in [0.5, 0.6) is 0 Å². The van der Waals surface area contributed by atoms with Gasteiger partial charge in [-0.15, -0.1) is 0 Å². The van der Waals surface area contributed by atoms with Gasteiger partial charge in [0.1, 0.15) is 11.4 Å². The van der Waals surface area contributed by atoms with Crippen LogP contribution in [0.1, 0.15) is 34.3 Å². The van der Waals surface area contributed by atoms with Gasteiger partial charge in [-0.25, -0.2) is 4.98 Å². The van der Waals surface area contributed by atoms with Crippen LogP contribution < -0.4 is 20.4 Å². The van der Waals surface area contributed by atoms with Crippen molar-refractivity contribution < 1.29 is 22.8 Å². The summed E-state index contributed by atoms with van der Waals surface area (Å²) in [5, 5.41) is 6.46. The van der Waals surface area contributed by atoms with Gasteiger partial charge in [0, 0.05) is 60.8 Å². The molecule has 2 fully saturated rings. The minimum atomic E-state index is -4.50. The highest BCUT2D eigenvalue weighted by atomic mass is 35.5. The van der Waals surface area contributed by atoms with Crippen LogP contribution in [0.15, 0.2) is 85.1 Å². The van der Waals surface area contributed by atoms with Crippen LogP contribution in [0.3, 0.4) is 0 Å². The van der Waals surface area contributed by atoms with Crippen molar-refractivity contribution in [3.8, 4) is 11.1 Å². The maximum Gasteiger partial charge on any atom is 0.416 e. The molecule has 0 atom stereocenters. The predicted octanol–water partition coefficient (Wildman–Crippen LogP) is 6.42. The second-order valence-electron chi connectivity index (χ2n) is 12.1. The molecule has 0 bridgehead atoms. The molecule has 4 heterocycles. The molecule has 1 aromatic heterocycles. The van der Waals surface area contributed by atoms with Gasteiger partial charge in [-0.2, -0.15) is 13.2 Å². The Balaban J connectivity index is 1.06. The molecule has 12 heteroatoms.